The normalized spacial score (nSPS) is 21.4. The maximum Gasteiger partial charge on any atom is 0.314 e. The Labute approximate surface area is 177 Å². The van der Waals surface area contributed by atoms with Crippen LogP contribution in [0.25, 0.3) is 10.9 Å². The van der Waals surface area contributed by atoms with Crippen LogP contribution in [0.1, 0.15) is 28.0 Å². The average Bonchev–Trinajstić information content (AvgIpc) is 3.07. The molecule has 31 heavy (non-hydrogen) atoms. The number of hydrogen-bond donors (Lipinski definition) is 3. The number of para-hydroxylation sites is 1. The van der Waals surface area contributed by atoms with E-state index in [2.05, 4.69) is 4.98 Å². The number of aliphatic hydroxyl groups is 1. The average molecular weight is 428 g/mol. The number of likely N-dealkylation sites (tertiary alicyclic amines) is 1. The maximum absolute atomic E-state index is 14.1. The first-order chi connectivity index (χ1) is 14.7. The monoisotopic (exact) mass is 428 g/mol. The fraction of sp³-hybridized carbons (Fsp3) is 0.304. The van der Waals surface area contributed by atoms with Crippen molar-refractivity contribution in [1.29, 1.82) is 0 Å². The smallest absolute Gasteiger partial charge is 0.314 e. The zero-order valence-electron chi connectivity index (χ0n) is 16.9. The summed E-state index contributed by atoms with van der Waals surface area (Å²) in [6, 6.07) is 10.1. The number of carboxylic acid groups (broad SMARTS) is 1. The lowest BCUT2D eigenvalue weighted by Crippen LogP contribution is -2.58. The number of aryl methyl sites for hydroxylation is 1. The van der Waals surface area contributed by atoms with Crippen LogP contribution in [-0.2, 0) is 11.2 Å². The minimum Gasteiger partial charge on any atom is -0.481 e. The van der Waals surface area contributed by atoms with Gasteiger partial charge in [-0.1, -0.05) is 24.3 Å². The minimum atomic E-state index is -1.69. The highest BCUT2D eigenvalue weighted by Crippen LogP contribution is 2.36. The fourth-order valence-corrected chi connectivity index (χ4v) is 4.41. The predicted octanol–water partition coefficient (Wildman–Crippen LogP) is 3.28. The highest BCUT2D eigenvalue weighted by Gasteiger charge is 2.50. The third-order valence-electron chi connectivity index (χ3n) is 6.16. The molecule has 1 fully saturated rings. The predicted molar refractivity (Wildman–Crippen MR) is 110 cm³/mol. The van der Waals surface area contributed by atoms with E-state index in [-0.39, 0.29) is 37.1 Å². The number of amides is 1. The maximum atomic E-state index is 14.1. The number of nitrogens with one attached hydrogen (secondary N) is 1. The van der Waals surface area contributed by atoms with Gasteiger partial charge in [0.25, 0.3) is 5.91 Å². The van der Waals surface area contributed by atoms with E-state index < -0.39 is 35.0 Å². The number of piperidine rings is 1. The van der Waals surface area contributed by atoms with Crippen LogP contribution in [0.3, 0.4) is 0 Å². The van der Waals surface area contributed by atoms with Gasteiger partial charge < -0.3 is 20.1 Å². The lowest BCUT2D eigenvalue weighted by Gasteiger charge is -2.43. The Kier molecular flexibility index (Phi) is 5.26. The van der Waals surface area contributed by atoms with E-state index in [1.807, 2.05) is 0 Å². The molecule has 0 radical (unpaired) electrons. The third kappa shape index (κ3) is 3.57. The molecule has 6 nitrogen and oxygen atoms in total. The first-order valence-electron chi connectivity index (χ1n) is 9.95. The molecule has 4 rings (SSSR count). The summed E-state index contributed by atoms with van der Waals surface area (Å²) in [5.74, 6) is -2.72. The number of rotatable bonds is 4. The summed E-state index contributed by atoms with van der Waals surface area (Å²) in [4.78, 5) is 29.7. The summed E-state index contributed by atoms with van der Waals surface area (Å²) >= 11 is 0. The molecule has 2 aromatic carbocycles. The number of aromatic nitrogens is 1. The summed E-state index contributed by atoms with van der Waals surface area (Å²) in [5.41, 5.74) is -0.310. The number of H-pyrrole nitrogens is 1. The number of carboxylic acids is 1. The molecular weight excluding hydrogens is 406 g/mol. The summed E-state index contributed by atoms with van der Waals surface area (Å²) in [5, 5.41) is 21.2. The first-order valence-corrected chi connectivity index (χ1v) is 9.95. The Balaban J connectivity index is 1.69. The van der Waals surface area contributed by atoms with Crippen molar-refractivity contribution >= 4 is 22.8 Å². The van der Waals surface area contributed by atoms with Gasteiger partial charge in [-0.25, -0.2) is 8.78 Å². The number of aliphatic hydroxyl groups excluding tert-OH is 1. The van der Waals surface area contributed by atoms with Gasteiger partial charge in [0.05, 0.1) is 11.6 Å². The minimum absolute atomic E-state index is 0.0565. The summed E-state index contributed by atoms with van der Waals surface area (Å²) in [7, 11) is 0. The summed E-state index contributed by atoms with van der Waals surface area (Å²) in [6.45, 7) is 1.59. The van der Waals surface area contributed by atoms with Gasteiger partial charge in [0.2, 0.25) is 0 Å². The molecule has 0 bridgehead atoms. The molecule has 1 aliphatic heterocycles. The fourth-order valence-electron chi connectivity index (χ4n) is 4.41. The topological polar surface area (TPSA) is 93.6 Å². The molecule has 1 amide bonds. The van der Waals surface area contributed by atoms with Crippen LogP contribution in [0.4, 0.5) is 8.78 Å². The molecule has 1 aromatic heterocycles. The molecule has 1 saturated heterocycles. The van der Waals surface area contributed by atoms with Crippen molar-refractivity contribution in [2.75, 3.05) is 13.1 Å². The Morgan fingerprint density at radius 3 is 2.65 bits per heavy atom. The third-order valence-corrected chi connectivity index (χ3v) is 6.16. The molecule has 8 heteroatoms. The number of nitrogens with zero attached hydrogens (tertiary/aromatic N) is 1. The lowest BCUT2D eigenvalue weighted by molar-refractivity contribution is -0.161. The molecule has 2 atom stereocenters. The number of halogens is 2. The second-order valence-corrected chi connectivity index (χ2v) is 8.09. The van der Waals surface area contributed by atoms with Gasteiger partial charge in [0, 0.05) is 18.5 Å². The number of benzene rings is 2. The quantitative estimate of drug-likeness (QED) is 0.595. The van der Waals surface area contributed by atoms with Crippen LogP contribution in [0.15, 0.2) is 42.5 Å². The van der Waals surface area contributed by atoms with E-state index in [4.69, 9.17) is 0 Å². The molecule has 3 aromatic rings. The molecule has 1 aliphatic rings. The van der Waals surface area contributed by atoms with Crippen LogP contribution in [-0.4, -0.2) is 51.2 Å². The molecule has 2 heterocycles. The van der Waals surface area contributed by atoms with Gasteiger partial charge >= 0.3 is 5.97 Å². The molecule has 0 aliphatic carbocycles. The molecule has 162 valence electrons. The van der Waals surface area contributed by atoms with Gasteiger partial charge in [-0.15, -0.1) is 0 Å². The van der Waals surface area contributed by atoms with Crippen LogP contribution in [0.5, 0.6) is 0 Å². The molecular formula is C23H22F2N2O4. The highest BCUT2D eigenvalue weighted by molar-refractivity contribution is 6.01. The lowest BCUT2D eigenvalue weighted by atomic mass is 9.72. The second kappa shape index (κ2) is 7.77. The molecule has 0 saturated carbocycles. The number of fused-ring (bicyclic) bond motifs is 1. The van der Waals surface area contributed by atoms with Gasteiger partial charge in [-0.05, 0) is 49.1 Å². The molecule has 0 unspecified atom stereocenters. The Hall–Kier alpha value is -3.26. The van der Waals surface area contributed by atoms with E-state index in [0.717, 1.165) is 0 Å². The van der Waals surface area contributed by atoms with E-state index in [1.165, 1.54) is 29.2 Å². The van der Waals surface area contributed by atoms with E-state index in [0.29, 0.717) is 16.5 Å². The number of carbonyl (C=O) groups is 2. The zero-order chi connectivity index (χ0) is 22.3. The summed E-state index contributed by atoms with van der Waals surface area (Å²) < 4.78 is 27.8. The number of aromatic amines is 1. The van der Waals surface area contributed by atoms with Crippen LogP contribution in [0, 0.1) is 24.0 Å². The van der Waals surface area contributed by atoms with Crippen LogP contribution in [0.2, 0.25) is 0 Å². The van der Waals surface area contributed by atoms with Crippen molar-refractivity contribution < 1.29 is 28.6 Å². The number of carbonyl (C=O) groups excluding carboxylic acids is 1. The van der Waals surface area contributed by atoms with Crippen LogP contribution >= 0.6 is 0 Å². The standard InChI is InChI=1S/C23H22F2N2O4/c1-13-16-6-3-7-17(25)20(16)26-19(13)21(29)27-9-8-18(28)23(12-27,22(30)31)11-14-4-2-5-15(24)10-14/h2-7,10,18,26,28H,8-9,11-12H2,1H3,(H,30,31)/t18-,23+/m0/s1. The number of aliphatic carboxylic acids is 1. The zero-order valence-corrected chi connectivity index (χ0v) is 16.9. The largest absolute Gasteiger partial charge is 0.481 e. The van der Waals surface area contributed by atoms with Crippen molar-refractivity contribution in [1.82, 2.24) is 9.88 Å². The van der Waals surface area contributed by atoms with Crippen molar-refractivity contribution in [2.24, 2.45) is 5.41 Å². The Morgan fingerprint density at radius 2 is 1.97 bits per heavy atom. The number of hydrogen-bond acceptors (Lipinski definition) is 3. The molecule has 3 N–H and O–H groups in total. The summed E-state index contributed by atoms with van der Waals surface area (Å²) in [6.07, 6.45) is -1.29. The Morgan fingerprint density at radius 1 is 1.23 bits per heavy atom. The van der Waals surface area contributed by atoms with Gasteiger partial charge in [-0.2, -0.15) is 0 Å². The SMILES string of the molecule is Cc1c(C(=O)N2CC[C@H](O)[C@](Cc3cccc(F)c3)(C(=O)O)C2)[nH]c2c(F)cccc12. The van der Waals surface area contributed by atoms with Crippen molar-refractivity contribution in [3.05, 3.63) is 70.9 Å². The van der Waals surface area contributed by atoms with Crippen molar-refractivity contribution in [2.45, 2.75) is 25.9 Å². The highest BCUT2D eigenvalue weighted by atomic mass is 19.1. The van der Waals surface area contributed by atoms with Gasteiger partial charge in [0.15, 0.2) is 0 Å². The second-order valence-electron chi connectivity index (χ2n) is 8.09. The van der Waals surface area contributed by atoms with Gasteiger partial charge in [0.1, 0.15) is 22.7 Å². The van der Waals surface area contributed by atoms with E-state index >= 15 is 0 Å². The van der Waals surface area contributed by atoms with E-state index in [9.17, 15) is 28.6 Å². The molecule has 0 spiro atoms. The van der Waals surface area contributed by atoms with Gasteiger partial charge in [-0.3, -0.25) is 9.59 Å². The van der Waals surface area contributed by atoms with Crippen molar-refractivity contribution in [3.8, 4) is 0 Å². The van der Waals surface area contributed by atoms with Crippen LogP contribution < -0.4 is 0 Å². The first kappa shape index (κ1) is 21.0. The van der Waals surface area contributed by atoms with Crippen molar-refractivity contribution in [3.63, 3.8) is 0 Å². The van der Waals surface area contributed by atoms with E-state index in [1.54, 1.807) is 25.1 Å². The Bertz CT molecular complexity index is 1180.